The van der Waals surface area contributed by atoms with Crippen LogP contribution in [0, 0.1) is 0 Å². The van der Waals surface area contributed by atoms with Crippen molar-refractivity contribution in [2.75, 3.05) is 19.7 Å². The van der Waals surface area contributed by atoms with E-state index in [9.17, 15) is 4.79 Å². The Morgan fingerprint density at radius 3 is 2.79 bits per heavy atom. The lowest BCUT2D eigenvalue weighted by Gasteiger charge is -2.35. The van der Waals surface area contributed by atoms with Gasteiger partial charge in [-0.2, -0.15) is 0 Å². The Labute approximate surface area is 202 Å². The third-order valence-corrected chi connectivity index (χ3v) is 7.49. The molecule has 0 saturated carbocycles. The van der Waals surface area contributed by atoms with Crippen LogP contribution in [0.3, 0.4) is 0 Å². The molecule has 1 atom stereocenters. The molecule has 2 aliphatic heterocycles. The van der Waals surface area contributed by atoms with Crippen molar-refractivity contribution in [2.45, 2.75) is 52.0 Å². The average Bonchev–Trinajstić information content (AvgIpc) is 2.99. The number of rotatable bonds is 5. The Balaban J connectivity index is 1.46. The Bertz CT molecular complexity index is 1310. The average molecular weight is 458 g/mol. The molecule has 3 aromatic rings. The number of nitrogens with zero attached hydrogens (tertiary/aromatic N) is 3. The van der Waals surface area contributed by atoms with Gasteiger partial charge in [-0.1, -0.05) is 37.1 Å². The van der Waals surface area contributed by atoms with Crippen LogP contribution in [-0.4, -0.2) is 33.7 Å². The zero-order valence-corrected chi connectivity index (χ0v) is 20.6. The predicted molar refractivity (Wildman–Crippen MR) is 139 cm³/mol. The lowest BCUT2D eigenvalue weighted by Crippen LogP contribution is -2.35. The highest BCUT2D eigenvalue weighted by Crippen LogP contribution is 2.40. The highest BCUT2D eigenvalue weighted by Gasteiger charge is 2.32. The van der Waals surface area contributed by atoms with Crippen molar-refractivity contribution >= 4 is 10.9 Å². The van der Waals surface area contributed by atoms with E-state index in [0.717, 1.165) is 24.2 Å². The third kappa shape index (κ3) is 4.14. The van der Waals surface area contributed by atoms with Crippen LogP contribution in [-0.2, 0) is 13.5 Å². The maximum atomic E-state index is 13.0. The molecular formula is C29H35N3O2. The first-order valence-electron chi connectivity index (χ1n) is 12.6. The first-order valence-corrected chi connectivity index (χ1v) is 12.6. The lowest BCUT2D eigenvalue weighted by molar-refractivity contribution is 0.183. The maximum absolute atomic E-state index is 13.0. The minimum atomic E-state index is -0.0844. The van der Waals surface area contributed by atoms with Crippen LogP contribution in [0.5, 0.6) is 5.75 Å². The second-order valence-electron chi connectivity index (χ2n) is 9.50. The summed E-state index contributed by atoms with van der Waals surface area (Å²) in [6, 6.07) is 10.4. The number of aromatic nitrogens is 2. The smallest absolute Gasteiger partial charge is 0.258 e. The fourth-order valence-electron chi connectivity index (χ4n) is 5.73. The van der Waals surface area contributed by atoms with Gasteiger partial charge in [0.1, 0.15) is 12.4 Å². The summed E-state index contributed by atoms with van der Waals surface area (Å²) < 4.78 is 9.94. The number of aryl methyl sites for hydroxylation is 1. The molecule has 4 heterocycles. The SMILES string of the molecule is CC=CC(=CC)COc1ccn(-c2ccc3c4c(n(C)c3c2)C2CCCCCN2CC4)c(=O)c1. The van der Waals surface area contributed by atoms with Gasteiger partial charge in [0.05, 0.1) is 17.2 Å². The van der Waals surface area contributed by atoms with E-state index in [1.807, 2.05) is 44.3 Å². The van der Waals surface area contributed by atoms with Crippen molar-refractivity contribution in [1.82, 2.24) is 14.0 Å². The normalized spacial score (nSPS) is 19.3. The lowest BCUT2D eigenvalue weighted by atomic mass is 9.95. The third-order valence-electron chi connectivity index (χ3n) is 7.49. The van der Waals surface area contributed by atoms with Gasteiger partial charge in [-0.25, -0.2) is 0 Å². The molecule has 0 bridgehead atoms. The van der Waals surface area contributed by atoms with Gasteiger partial charge in [0, 0.05) is 36.9 Å². The zero-order chi connectivity index (χ0) is 23.7. The summed E-state index contributed by atoms with van der Waals surface area (Å²) in [5, 5.41) is 1.33. The molecule has 1 fully saturated rings. The minimum absolute atomic E-state index is 0.0844. The monoisotopic (exact) mass is 457 g/mol. The Hall–Kier alpha value is -3.05. The minimum Gasteiger partial charge on any atom is -0.489 e. The summed E-state index contributed by atoms with van der Waals surface area (Å²) in [7, 11) is 2.20. The Kier molecular flexibility index (Phi) is 6.46. The summed E-state index contributed by atoms with van der Waals surface area (Å²) in [5.41, 5.74) is 6.09. The molecule has 178 valence electrons. The highest BCUT2D eigenvalue weighted by molar-refractivity contribution is 5.87. The van der Waals surface area contributed by atoms with Gasteiger partial charge >= 0.3 is 0 Å². The van der Waals surface area contributed by atoms with Crippen LogP contribution in [0.15, 0.2) is 65.1 Å². The van der Waals surface area contributed by atoms with Gasteiger partial charge < -0.3 is 9.30 Å². The molecule has 2 aromatic heterocycles. The predicted octanol–water partition coefficient (Wildman–Crippen LogP) is 5.70. The van der Waals surface area contributed by atoms with Crippen LogP contribution in [0.2, 0.25) is 0 Å². The van der Waals surface area contributed by atoms with Crippen LogP contribution >= 0.6 is 0 Å². The molecule has 5 heteroatoms. The molecule has 5 nitrogen and oxygen atoms in total. The highest BCUT2D eigenvalue weighted by atomic mass is 16.5. The quantitative estimate of drug-likeness (QED) is 0.461. The van der Waals surface area contributed by atoms with Crippen molar-refractivity contribution in [3.05, 3.63) is 81.9 Å². The summed E-state index contributed by atoms with van der Waals surface area (Å²) in [5.74, 6) is 0.592. The molecule has 0 N–H and O–H groups in total. The largest absolute Gasteiger partial charge is 0.489 e. The molecular weight excluding hydrogens is 422 g/mol. The van der Waals surface area contributed by atoms with E-state index in [4.69, 9.17) is 4.74 Å². The molecule has 5 rings (SSSR count). The van der Waals surface area contributed by atoms with Crippen molar-refractivity contribution < 1.29 is 4.74 Å². The van der Waals surface area contributed by atoms with E-state index in [2.05, 4.69) is 34.7 Å². The summed E-state index contributed by atoms with van der Waals surface area (Å²) >= 11 is 0. The summed E-state index contributed by atoms with van der Waals surface area (Å²) in [6.45, 7) is 6.79. The van der Waals surface area contributed by atoms with E-state index in [-0.39, 0.29) is 5.56 Å². The molecule has 1 aromatic carbocycles. The topological polar surface area (TPSA) is 39.4 Å². The number of hydrogen-bond acceptors (Lipinski definition) is 3. The van der Waals surface area contributed by atoms with Gasteiger partial charge in [-0.05, 0) is 69.0 Å². The second kappa shape index (κ2) is 9.67. The first-order chi connectivity index (χ1) is 16.6. The molecule has 0 radical (unpaired) electrons. The number of fused-ring (bicyclic) bond motifs is 5. The van der Waals surface area contributed by atoms with E-state index in [1.54, 1.807) is 10.6 Å². The molecule has 0 spiro atoms. The van der Waals surface area contributed by atoms with Gasteiger partial charge in [-0.3, -0.25) is 14.3 Å². The molecule has 0 amide bonds. The molecule has 1 saturated heterocycles. The number of pyridine rings is 1. The fraction of sp³-hybridized carbons (Fsp3) is 0.414. The zero-order valence-electron chi connectivity index (χ0n) is 20.6. The van der Waals surface area contributed by atoms with Crippen molar-refractivity contribution in [3.63, 3.8) is 0 Å². The van der Waals surface area contributed by atoms with E-state index >= 15 is 0 Å². The van der Waals surface area contributed by atoms with E-state index in [1.165, 1.54) is 54.4 Å². The van der Waals surface area contributed by atoms with E-state index < -0.39 is 0 Å². The second-order valence-corrected chi connectivity index (χ2v) is 9.50. The van der Waals surface area contributed by atoms with Gasteiger partial charge in [-0.15, -0.1) is 0 Å². The van der Waals surface area contributed by atoms with Gasteiger partial charge in [0.2, 0.25) is 0 Å². The summed E-state index contributed by atoms with van der Waals surface area (Å²) in [4.78, 5) is 15.7. The number of hydrogen-bond donors (Lipinski definition) is 0. The number of ether oxygens (including phenoxy) is 1. The van der Waals surface area contributed by atoms with E-state index in [0.29, 0.717) is 18.4 Å². The standard InChI is InChI=1S/C29H35N3O2/c1-4-9-21(5-2)20-34-23-13-17-32(28(33)19-23)22-11-12-24-25-14-16-31-15-8-6-7-10-26(31)29(25)30(3)27(24)18-22/h4-5,9,11-13,17-19,26H,6-8,10,14-16,20H2,1-3H3. The molecule has 2 aliphatic rings. The Morgan fingerprint density at radius 2 is 2.00 bits per heavy atom. The number of benzene rings is 1. The van der Waals surface area contributed by atoms with Crippen molar-refractivity contribution in [2.24, 2.45) is 7.05 Å². The molecule has 1 unspecified atom stereocenters. The molecule has 0 aliphatic carbocycles. The molecule has 34 heavy (non-hydrogen) atoms. The first kappa shape index (κ1) is 22.7. The summed E-state index contributed by atoms with van der Waals surface area (Å²) in [6.07, 6.45) is 14.2. The maximum Gasteiger partial charge on any atom is 0.258 e. The number of allylic oxidation sites excluding steroid dienone is 2. The van der Waals surface area contributed by atoms with Gasteiger partial charge in [0.25, 0.3) is 5.56 Å². The van der Waals surface area contributed by atoms with Gasteiger partial charge in [0.15, 0.2) is 0 Å². The van der Waals surface area contributed by atoms with Crippen LogP contribution < -0.4 is 10.3 Å². The van der Waals surface area contributed by atoms with Crippen molar-refractivity contribution in [3.8, 4) is 11.4 Å². The van der Waals surface area contributed by atoms with Crippen LogP contribution in [0.1, 0.15) is 56.8 Å². The van der Waals surface area contributed by atoms with Crippen LogP contribution in [0.4, 0.5) is 0 Å². The van der Waals surface area contributed by atoms with Crippen LogP contribution in [0.25, 0.3) is 16.6 Å². The van der Waals surface area contributed by atoms with Crippen molar-refractivity contribution in [1.29, 1.82) is 0 Å². The Morgan fingerprint density at radius 1 is 1.12 bits per heavy atom. The fourth-order valence-corrected chi connectivity index (χ4v) is 5.73.